The minimum atomic E-state index is -3.79. The van der Waals surface area contributed by atoms with Crippen molar-refractivity contribution in [1.29, 1.82) is 0 Å². The van der Waals surface area contributed by atoms with Gasteiger partial charge in [-0.2, -0.15) is 0 Å². The molecule has 1 heterocycles. The van der Waals surface area contributed by atoms with E-state index in [4.69, 9.17) is 4.74 Å². The van der Waals surface area contributed by atoms with Crippen LogP contribution in [0.2, 0.25) is 0 Å². The number of rotatable bonds is 8. The van der Waals surface area contributed by atoms with Crippen molar-refractivity contribution in [3.63, 3.8) is 0 Å². The van der Waals surface area contributed by atoms with Crippen LogP contribution in [0.5, 0.6) is 5.75 Å². The maximum absolute atomic E-state index is 14.9. The summed E-state index contributed by atoms with van der Waals surface area (Å²) in [6, 6.07) is 21.6. The van der Waals surface area contributed by atoms with E-state index in [0.717, 1.165) is 57.1 Å². The zero-order valence-corrected chi connectivity index (χ0v) is 21.6. The topological polar surface area (TPSA) is 75.7 Å². The van der Waals surface area contributed by atoms with E-state index >= 15 is 0 Å². The zero-order valence-electron chi connectivity index (χ0n) is 20.8. The average Bonchev–Trinajstić information content (AvgIpc) is 3.69. The van der Waals surface area contributed by atoms with Gasteiger partial charge in [0, 0.05) is 19.2 Å². The number of nitrogens with zero attached hydrogens (tertiary/aromatic N) is 1. The number of ether oxygens (including phenoxy) is 1. The third-order valence-electron chi connectivity index (χ3n) is 6.84. The van der Waals surface area contributed by atoms with Crippen LogP contribution < -0.4 is 9.46 Å². The lowest BCUT2D eigenvalue weighted by Crippen LogP contribution is -2.40. The lowest BCUT2D eigenvalue weighted by molar-refractivity contribution is 0.0832. The summed E-state index contributed by atoms with van der Waals surface area (Å²) < 4.78 is 46.0. The maximum atomic E-state index is 14.9. The summed E-state index contributed by atoms with van der Waals surface area (Å²) in [7, 11) is -3.79. The average molecular weight is 523 g/mol. The lowest BCUT2D eigenvalue weighted by Gasteiger charge is -2.33. The van der Waals surface area contributed by atoms with Gasteiger partial charge in [-0.25, -0.2) is 17.5 Å². The molecule has 1 saturated heterocycles. The molecule has 2 fully saturated rings. The van der Waals surface area contributed by atoms with Crippen molar-refractivity contribution in [1.82, 2.24) is 9.62 Å². The molecule has 3 aromatic carbocycles. The minimum absolute atomic E-state index is 0.0985. The van der Waals surface area contributed by atoms with Crippen LogP contribution in [-0.4, -0.2) is 44.7 Å². The molecule has 2 aliphatic rings. The molecule has 6 nitrogen and oxygen atoms in total. The molecule has 1 amide bonds. The Hall–Kier alpha value is -3.23. The van der Waals surface area contributed by atoms with Gasteiger partial charge >= 0.3 is 0 Å². The van der Waals surface area contributed by atoms with Crippen LogP contribution in [0.15, 0.2) is 66.7 Å². The highest BCUT2D eigenvalue weighted by molar-refractivity contribution is 7.89. The normalized spacial score (nSPS) is 18.4. The number of hydrogen-bond acceptors (Lipinski definition) is 5. The fourth-order valence-corrected chi connectivity index (χ4v) is 5.40. The van der Waals surface area contributed by atoms with Gasteiger partial charge in [0.05, 0.1) is 11.8 Å². The van der Waals surface area contributed by atoms with Crippen molar-refractivity contribution in [2.24, 2.45) is 0 Å². The molecule has 0 spiro atoms. The number of piperidine rings is 1. The van der Waals surface area contributed by atoms with E-state index in [-0.39, 0.29) is 17.6 Å². The molecule has 3 aromatic rings. The molecule has 1 aliphatic carbocycles. The number of nitrogens with one attached hydrogen (secondary N) is 1. The van der Waals surface area contributed by atoms with Crippen LogP contribution in [0.4, 0.5) is 4.39 Å². The zero-order chi connectivity index (χ0) is 26.0. The number of hydrogen-bond donors (Lipinski definition) is 1. The monoisotopic (exact) mass is 522 g/mol. The van der Waals surface area contributed by atoms with Gasteiger partial charge in [-0.3, -0.25) is 9.69 Å². The third-order valence-corrected chi connectivity index (χ3v) is 7.39. The van der Waals surface area contributed by atoms with Crippen LogP contribution in [0.1, 0.15) is 53.1 Å². The van der Waals surface area contributed by atoms with Gasteiger partial charge in [-0.05, 0) is 72.5 Å². The number of halogens is 1. The SMILES string of the molecule is CS(=O)(=O)NC(=O)c1cc(C2CC2)c(O[C@@H]2CCCN(Cc3cccc(-c4ccccc4)c3)C2)cc1F. The first kappa shape index (κ1) is 25.4. The number of carbonyl (C=O) groups is 1. The summed E-state index contributed by atoms with van der Waals surface area (Å²) in [4.78, 5) is 14.7. The lowest BCUT2D eigenvalue weighted by atomic mass is 10.0. The Balaban J connectivity index is 1.29. The Bertz CT molecular complexity index is 1390. The van der Waals surface area contributed by atoms with Gasteiger partial charge in [-0.15, -0.1) is 0 Å². The molecular weight excluding hydrogens is 491 g/mol. The highest BCUT2D eigenvalue weighted by Crippen LogP contribution is 2.45. The van der Waals surface area contributed by atoms with Crippen molar-refractivity contribution >= 4 is 15.9 Å². The van der Waals surface area contributed by atoms with Gasteiger partial charge in [0.25, 0.3) is 5.91 Å². The van der Waals surface area contributed by atoms with E-state index in [1.807, 2.05) is 22.9 Å². The van der Waals surface area contributed by atoms with E-state index < -0.39 is 21.7 Å². The molecule has 194 valence electrons. The summed E-state index contributed by atoms with van der Waals surface area (Å²) >= 11 is 0. The molecule has 1 aliphatic heterocycles. The second kappa shape index (κ2) is 10.6. The molecule has 37 heavy (non-hydrogen) atoms. The molecule has 0 radical (unpaired) electrons. The Morgan fingerprint density at radius 1 is 1.03 bits per heavy atom. The molecule has 1 saturated carbocycles. The van der Waals surface area contributed by atoms with E-state index in [1.165, 1.54) is 28.8 Å². The Labute approximate surface area is 217 Å². The second-order valence-corrected chi connectivity index (χ2v) is 11.8. The van der Waals surface area contributed by atoms with Gasteiger partial charge in [0.1, 0.15) is 17.7 Å². The number of sulfonamides is 1. The number of likely N-dealkylation sites (tertiary alicyclic amines) is 1. The summed E-state index contributed by atoms with van der Waals surface area (Å²) in [6.45, 7) is 2.48. The predicted molar refractivity (Wildman–Crippen MR) is 141 cm³/mol. The van der Waals surface area contributed by atoms with Crippen LogP contribution in [0.25, 0.3) is 11.1 Å². The first-order valence-corrected chi connectivity index (χ1v) is 14.5. The van der Waals surface area contributed by atoms with E-state index in [2.05, 4.69) is 41.3 Å². The smallest absolute Gasteiger partial charge is 0.267 e. The fourth-order valence-electron chi connectivity index (χ4n) is 4.96. The van der Waals surface area contributed by atoms with Gasteiger partial charge in [0.2, 0.25) is 10.0 Å². The summed E-state index contributed by atoms with van der Waals surface area (Å²) in [5.74, 6) is -1.10. The van der Waals surface area contributed by atoms with E-state index in [1.54, 1.807) is 0 Å². The van der Waals surface area contributed by atoms with Crippen LogP contribution in [0, 0.1) is 5.82 Å². The van der Waals surface area contributed by atoms with Crippen molar-refractivity contribution in [3.05, 3.63) is 89.2 Å². The van der Waals surface area contributed by atoms with Crippen LogP contribution >= 0.6 is 0 Å². The minimum Gasteiger partial charge on any atom is -0.489 e. The van der Waals surface area contributed by atoms with Crippen molar-refractivity contribution < 1.29 is 22.3 Å². The molecule has 1 atom stereocenters. The number of benzene rings is 3. The van der Waals surface area contributed by atoms with Crippen LogP contribution in [0.3, 0.4) is 0 Å². The first-order valence-electron chi connectivity index (χ1n) is 12.6. The van der Waals surface area contributed by atoms with E-state index in [9.17, 15) is 17.6 Å². The standard InChI is InChI=1S/C29H31FN2O4S/c1-37(34,35)31-29(33)26-16-25(22-12-13-22)28(17-27(26)30)36-24-11-6-14-32(19-24)18-20-7-5-10-23(15-20)21-8-3-2-4-9-21/h2-5,7-10,15-17,22,24H,6,11-14,18-19H2,1H3,(H,31,33)/t24-/m1/s1. The molecule has 8 heteroatoms. The highest BCUT2D eigenvalue weighted by Gasteiger charge is 2.31. The van der Waals surface area contributed by atoms with Gasteiger partial charge in [0.15, 0.2) is 0 Å². The summed E-state index contributed by atoms with van der Waals surface area (Å²) in [5.41, 5.74) is 4.10. The summed E-state index contributed by atoms with van der Waals surface area (Å²) in [6.07, 6.45) is 4.47. The second-order valence-electron chi connectivity index (χ2n) is 10.0. The highest BCUT2D eigenvalue weighted by atomic mass is 32.2. The summed E-state index contributed by atoms with van der Waals surface area (Å²) in [5, 5.41) is 0. The number of carbonyl (C=O) groups excluding carboxylic acids is 1. The molecule has 1 N–H and O–H groups in total. The first-order chi connectivity index (χ1) is 17.7. The molecule has 5 rings (SSSR count). The molecule has 0 bridgehead atoms. The van der Waals surface area contributed by atoms with E-state index in [0.29, 0.717) is 5.75 Å². The Kier molecular flexibility index (Phi) is 7.31. The third kappa shape index (κ3) is 6.56. The van der Waals surface area contributed by atoms with Crippen molar-refractivity contribution in [3.8, 4) is 16.9 Å². The van der Waals surface area contributed by atoms with Gasteiger partial charge < -0.3 is 4.74 Å². The predicted octanol–water partition coefficient (Wildman–Crippen LogP) is 5.10. The maximum Gasteiger partial charge on any atom is 0.267 e. The molecule has 0 unspecified atom stereocenters. The van der Waals surface area contributed by atoms with Crippen molar-refractivity contribution in [2.75, 3.05) is 19.3 Å². The Morgan fingerprint density at radius 3 is 2.51 bits per heavy atom. The van der Waals surface area contributed by atoms with Gasteiger partial charge in [-0.1, -0.05) is 48.5 Å². The Morgan fingerprint density at radius 2 is 1.78 bits per heavy atom. The fraction of sp³-hybridized carbons (Fsp3) is 0.345. The van der Waals surface area contributed by atoms with Crippen molar-refractivity contribution in [2.45, 2.75) is 44.2 Å². The molecule has 0 aromatic heterocycles. The largest absolute Gasteiger partial charge is 0.489 e. The molecular formula is C29H31FN2O4S. The van der Waals surface area contributed by atoms with Crippen LogP contribution in [-0.2, 0) is 16.6 Å². The quantitative estimate of drug-likeness (QED) is 0.445. The number of amides is 1.